The summed E-state index contributed by atoms with van der Waals surface area (Å²) >= 11 is 0. The zero-order chi connectivity index (χ0) is 4.12. The topological polar surface area (TPSA) is 0 Å². The first-order chi connectivity index (χ1) is 2.41. The predicted octanol–water partition coefficient (Wildman–Crippen LogP) is 1.72. The van der Waals surface area contributed by atoms with Crippen molar-refractivity contribution in [2.45, 2.75) is 19.8 Å². The molecule has 0 aromatic heterocycles. The molecule has 2 atom stereocenters. The highest BCUT2D eigenvalue weighted by molar-refractivity contribution is 7.16. The van der Waals surface area contributed by atoms with Crippen LogP contribution in [0.3, 0.4) is 0 Å². The molecule has 0 aliphatic rings. The molecule has 0 bridgehead atoms. The van der Waals surface area contributed by atoms with E-state index in [1.807, 2.05) is 0 Å². The summed E-state index contributed by atoms with van der Waals surface area (Å²) in [5.74, 6) is 0. The van der Waals surface area contributed by atoms with Crippen molar-refractivity contribution < 1.29 is 0 Å². The lowest BCUT2D eigenvalue weighted by Crippen LogP contribution is -1.64. The highest BCUT2D eigenvalue weighted by atomic mass is 31.0. The van der Waals surface area contributed by atoms with E-state index < -0.39 is 0 Å². The molecule has 0 aliphatic carbocycles. The second-order valence-corrected chi connectivity index (χ2v) is 1.72. The van der Waals surface area contributed by atoms with Crippen LogP contribution in [-0.4, -0.2) is 6.16 Å². The summed E-state index contributed by atoms with van der Waals surface area (Å²) in [7, 11) is 2.70. The fourth-order valence-corrected chi connectivity index (χ4v) is 0.612. The Morgan fingerprint density at radius 2 is 2.00 bits per heavy atom. The van der Waals surface area contributed by atoms with E-state index in [1.54, 1.807) is 0 Å². The van der Waals surface area contributed by atoms with Crippen LogP contribution in [0.5, 0.6) is 0 Å². The maximum absolute atomic E-state index is 2.70. The molecule has 0 N–H and O–H groups in total. The number of hydrogen-bond acceptors (Lipinski definition) is 0. The van der Waals surface area contributed by atoms with Crippen molar-refractivity contribution in [3.05, 3.63) is 0 Å². The molecule has 0 aromatic carbocycles. The lowest BCUT2D eigenvalue weighted by Gasteiger charge is -1.79. The van der Waals surface area contributed by atoms with E-state index in [-0.39, 0.29) is 9.90 Å². The minimum absolute atomic E-state index is 0. The number of unbranched alkanes of at least 4 members (excludes halogenated alkanes) is 1. The van der Waals surface area contributed by atoms with E-state index in [9.17, 15) is 0 Å². The second kappa shape index (κ2) is 9.29. The Labute approximate surface area is 45.9 Å². The predicted molar refractivity (Wildman–Crippen MR) is 40.6 cm³/mol. The fraction of sp³-hybridized carbons (Fsp3) is 1.00. The molecule has 0 heterocycles. The molecule has 0 saturated carbocycles. The average Bonchev–Trinajstić information content (AvgIpc) is 1.41. The van der Waals surface area contributed by atoms with Gasteiger partial charge in [0.25, 0.3) is 0 Å². The summed E-state index contributed by atoms with van der Waals surface area (Å²) in [5, 5.41) is 0. The van der Waals surface area contributed by atoms with Gasteiger partial charge in [0.2, 0.25) is 0 Å². The SMILES string of the molecule is CCCCP.P. The first-order valence-corrected chi connectivity index (χ1v) is 2.93. The van der Waals surface area contributed by atoms with Crippen LogP contribution in [0.4, 0.5) is 0 Å². The Morgan fingerprint density at radius 1 is 1.50 bits per heavy atom. The highest BCUT2D eigenvalue weighted by Gasteiger charge is 1.68. The molecule has 0 spiro atoms. The van der Waals surface area contributed by atoms with Crippen molar-refractivity contribution >= 4 is 19.1 Å². The zero-order valence-electron chi connectivity index (χ0n) is 4.41. The summed E-state index contributed by atoms with van der Waals surface area (Å²) in [5.41, 5.74) is 0. The zero-order valence-corrected chi connectivity index (χ0v) is 6.97. The van der Waals surface area contributed by atoms with Gasteiger partial charge in [0.05, 0.1) is 0 Å². The van der Waals surface area contributed by atoms with Crippen LogP contribution in [0, 0.1) is 0 Å². The van der Waals surface area contributed by atoms with Crippen LogP contribution in [0.15, 0.2) is 0 Å². The van der Waals surface area contributed by atoms with Crippen molar-refractivity contribution in [3.8, 4) is 0 Å². The third-order valence-corrected chi connectivity index (χ3v) is 0.966. The van der Waals surface area contributed by atoms with E-state index in [4.69, 9.17) is 0 Å². The minimum atomic E-state index is 0. The van der Waals surface area contributed by atoms with Crippen LogP contribution in [0.25, 0.3) is 0 Å². The molecule has 0 amide bonds. The van der Waals surface area contributed by atoms with Crippen molar-refractivity contribution in [2.24, 2.45) is 0 Å². The van der Waals surface area contributed by atoms with Gasteiger partial charge in [0.15, 0.2) is 0 Å². The van der Waals surface area contributed by atoms with Crippen LogP contribution < -0.4 is 0 Å². The Morgan fingerprint density at radius 3 is 2.00 bits per heavy atom. The van der Waals surface area contributed by atoms with Gasteiger partial charge in [-0.1, -0.05) is 19.8 Å². The van der Waals surface area contributed by atoms with Gasteiger partial charge in [-0.3, -0.25) is 0 Å². The Bertz CT molecular complexity index is 13.0. The summed E-state index contributed by atoms with van der Waals surface area (Å²) in [6.45, 7) is 2.20. The van der Waals surface area contributed by atoms with Gasteiger partial charge in [0.1, 0.15) is 0 Å². The Kier molecular flexibility index (Phi) is 15.4. The normalized spacial score (nSPS) is 7.00. The highest BCUT2D eigenvalue weighted by Crippen LogP contribution is 1.89. The molecular weight excluding hydrogens is 110 g/mol. The van der Waals surface area contributed by atoms with Gasteiger partial charge < -0.3 is 0 Å². The molecule has 0 saturated heterocycles. The van der Waals surface area contributed by atoms with Gasteiger partial charge in [-0.05, 0) is 6.16 Å². The summed E-state index contributed by atoms with van der Waals surface area (Å²) in [4.78, 5) is 0. The van der Waals surface area contributed by atoms with E-state index in [2.05, 4.69) is 16.2 Å². The fourth-order valence-electron chi connectivity index (χ4n) is 0.204. The number of rotatable bonds is 2. The molecule has 0 fully saturated rings. The molecule has 0 radical (unpaired) electrons. The Balaban J connectivity index is 0. The van der Waals surface area contributed by atoms with Gasteiger partial charge in [-0.25, -0.2) is 0 Å². The molecule has 0 rings (SSSR count). The smallest absolute Gasteiger partial charge is 0.0381 e. The first kappa shape index (κ1) is 9.97. The van der Waals surface area contributed by atoms with E-state index in [1.165, 1.54) is 19.0 Å². The minimum Gasteiger partial charge on any atom is -0.153 e. The lowest BCUT2D eigenvalue weighted by atomic mass is 10.4. The van der Waals surface area contributed by atoms with E-state index in [0.29, 0.717) is 0 Å². The molecule has 2 unspecified atom stereocenters. The van der Waals surface area contributed by atoms with Gasteiger partial charge in [-0.15, -0.1) is 9.24 Å². The van der Waals surface area contributed by atoms with Crippen molar-refractivity contribution in [1.82, 2.24) is 0 Å². The van der Waals surface area contributed by atoms with Crippen LogP contribution in [-0.2, 0) is 0 Å². The maximum Gasteiger partial charge on any atom is -0.0381 e. The molecule has 0 nitrogen and oxygen atoms in total. The van der Waals surface area contributed by atoms with Crippen molar-refractivity contribution in [2.75, 3.05) is 6.16 Å². The van der Waals surface area contributed by atoms with Gasteiger partial charge in [-0.2, -0.15) is 9.90 Å². The van der Waals surface area contributed by atoms with Crippen LogP contribution >= 0.6 is 19.1 Å². The largest absolute Gasteiger partial charge is 0.153 e. The summed E-state index contributed by atoms with van der Waals surface area (Å²) in [6.07, 6.45) is 3.94. The molecule has 6 heavy (non-hydrogen) atoms. The second-order valence-electron chi connectivity index (χ2n) is 1.14. The molecule has 2 heteroatoms. The quantitative estimate of drug-likeness (QED) is 0.491. The standard InChI is InChI=1S/C4H11P.H3P/c1-2-3-4-5;/h2-5H2,1H3;1H3. The molecule has 0 aliphatic heterocycles. The van der Waals surface area contributed by atoms with Crippen LogP contribution in [0.1, 0.15) is 19.8 Å². The lowest BCUT2D eigenvalue weighted by molar-refractivity contribution is 0.897. The summed E-state index contributed by atoms with van der Waals surface area (Å²) < 4.78 is 0. The van der Waals surface area contributed by atoms with Gasteiger partial charge in [0, 0.05) is 0 Å². The monoisotopic (exact) mass is 124 g/mol. The third kappa shape index (κ3) is 8.85. The number of hydrogen-bond donors (Lipinski definition) is 0. The molecular formula is C4H14P2. The van der Waals surface area contributed by atoms with E-state index >= 15 is 0 Å². The van der Waals surface area contributed by atoms with Crippen LogP contribution in [0.2, 0.25) is 0 Å². The van der Waals surface area contributed by atoms with Crippen molar-refractivity contribution in [3.63, 3.8) is 0 Å². The summed E-state index contributed by atoms with van der Waals surface area (Å²) in [6, 6.07) is 0. The third-order valence-electron chi connectivity index (χ3n) is 0.558. The maximum atomic E-state index is 2.70. The van der Waals surface area contributed by atoms with Crippen molar-refractivity contribution in [1.29, 1.82) is 0 Å². The molecule has 0 aromatic rings. The first-order valence-electron chi connectivity index (χ1n) is 2.12. The average molecular weight is 124 g/mol. The van der Waals surface area contributed by atoms with Gasteiger partial charge >= 0.3 is 0 Å². The van der Waals surface area contributed by atoms with E-state index in [0.717, 1.165) is 0 Å². The Hall–Kier alpha value is 0.860. The molecule has 40 valence electrons.